The van der Waals surface area contributed by atoms with Crippen LogP contribution in [0.4, 0.5) is 0 Å². The number of benzene rings is 2. The Bertz CT molecular complexity index is 1050. The van der Waals surface area contributed by atoms with Gasteiger partial charge in [-0.15, -0.1) is 0 Å². The Balaban J connectivity index is 1.24. The van der Waals surface area contributed by atoms with E-state index in [9.17, 15) is 4.79 Å². The number of piperazine rings is 1. The normalized spacial score (nSPS) is 16.9. The van der Waals surface area contributed by atoms with Crippen LogP contribution < -0.4 is 5.32 Å². The van der Waals surface area contributed by atoms with Crippen molar-refractivity contribution < 1.29 is 9.32 Å². The minimum atomic E-state index is -0.130. The van der Waals surface area contributed by atoms with E-state index in [0.29, 0.717) is 29.7 Å². The predicted octanol–water partition coefficient (Wildman–Crippen LogP) is 3.87. The largest absolute Gasteiger partial charge is 0.348 e. The van der Waals surface area contributed by atoms with Crippen LogP contribution >= 0.6 is 11.6 Å². The molecule has 1 aliphatic rings. The van der Waals surface area contributed by atoms with Crippen LogP contribution in [0.15, 0.2) is 59.1 Å². The maximum Gasteiger partial charge on any atom is 0.243 e. The van der Waals surface area contributed by atoms with Crippen molar-refractivity contribution in [3.63, 3.8) is 0 Å². The van der Waals surface area contributed by atoms with Gasteiger partial charge in [-0.1, -0.05) is 65.3 Å². The molecule has 0 spiro atoms. The van der Waals surface area contributed by atoms with E-state index in [1.807, 2.05) is 49.4 Å². The average Bonchev–Trinajstić information content (AvgIpc) is 3.28. The second kappa shape index (κ2) is 10.9. The van der Waals surface area contributed by atoms with Gasteiger partial charge < -0.3 is 9.84 Å². The van der Waals surface area contributed by atoms with Crippen molar-refractivity contribution in [2.45, 2.75) is 32.4 Å². The summed E-state index contributed by atoms with van der Waals surface area (Å²) in [6.07, 6.45) is 0.659. The quantitative estimate of drug-likeness (QED) is 0.542. The lowest BCUT2D eigenvalue weighted by Crippen LogP contribution is -2.50. The standard InChI is InChI=1S/C25H30ClN5O2/c1-18(21-10-6-7-11-22(21)26)27-24(32)17-30-12-14-31(15-13-30)19(2)25-28-23(29-33-25)16-20-8-4-3-5-9-20/h3-11,18-19H,12-17H2,1-2H3,(H,27,32)/t18-,19+/m1/s1. The number of carbonyl (C=O) groups is 1. The van der Waals surface area contributed by atoms with Crippen molar-refractivity contribution in [1.29, 1.82) is 0 Å². The zero-order valence-corrected chi connectivity index (χ0v) is 19.8. The van der Waals surface area contributed by atoms with E-state index >= 15 is 0 Å². The van der Waals surface area contributed by atoms with Gasteiger partial charge >= 0.3 is 0 Å². The highest BCUT2D eigenvalue weighted by molar-refractivity contribution is 6.31. The maximum atomic E-state index is 12.6. The van der Waals surface area contributed by atoms with Crippen molar-refractivity contribution in [2.75, 3.05) is 32.7 Å². The van der Waals surface area contributed by atoms with E-state index in [-0.39, 0.29) is 18.0 Å². The fourth-order valence-electron chi connectivity index (χ4n) is 4.15. The minimum Gasteiger partial charge on any atom is -0.348 e. The molecule has 0 bridgehead atoms. The smallest absolute Gasteiger partial charge is 0.243 e. The van der Waals surface area contributed by atoms with Crippen molar-refractivity contribution in [3.05, 3.63) is 82.5 Å². The number of hydrogen-bond donors (Lipinski definition) is 1. The number of halogens is 1. The van der Waals surface area contributed by atoms with Crippen LogP contribution in [0, 0.1) is 0 Å². The summed E-state index contributed by atoms with van der Waals surface area (Å²) in [6, 6.07) is 17.6. The van der Waals surface area contributed by atoms with Crippen LogP contribution in [0.5, 0.6) is 0 Å². The van der Waals surface area contributed by atoms with E-state index < -0.39 is 0 Å². The lowest BCUT2D eigenvalue weighted by Gasteiger charge is -2.36. The molecule has 2 aromatic carbocycles. The Kier molecular flexibility index (Phi) is 7.75. The number of carbonyl (C=O) groups excluding carboxylic acids is 1. The van der Waals surface area contributed by atoms with Gasteiger partial charge in [0.2, 0.25) is 11.8 Å². The number of nitrogens with zero attached hydrogens (tertiary/aromatic N) is 4. The topological polar surface area (TPSA) is 74.5 Å². The Morgan fingerprint density at radius 2 is 1.76 bits per heavy atom. The van der Waals surface area contributed by atoms with E-state index in [1.54, 1.807) is 0 Å². The van der Waals surface area contributed by atoms with Gasteiger partial charge in [0.1, 0.15) is 0 Å². The number of aromatic nitrogens is 2. The first-order valence-corrected chi connectivity index (χ1v) is 11.7. The molecule has 33 heavy (non-hydrogen) atoms. The second-order valence-electron chi connectivity index (χ2n) is 8.51. The molecular weight excluding hydrogens is 438 g/mol. The summed E-state index contributed by atoms with van der Waals surface area (Å²) in [5, 5.41) is 7.88. The molecule has 1 aromatic heterocycles. The first kappa shape index (κ1) is 23.4. The third-order valence-corrected chi connectivity index (χ3v) is 6.46. The molecule has 174 valence electrons. The third-order valence-electron chi connectivity index (χ3n) is 6.12. The number of hydrogen-bond acceptors (Lipinski definition) is 6. The van der Waals surface area contributed by atoms with Crippen molar-refractivity contribution in [1.82, 2.24) is 25.3 Å². The molecule has 2 heterocycles. The van der Waals surface area contributed by atoms with Gasteiger partial charge in [0, 0.05) is 37.6 Å². The summed E-state index contributed by atoms with van der Waals surface area (Å²) in [4.78, 5) is 21.7. The molecule has 8 heteroatoms. The summed E-state index contributed by atoms with van der Waals surface area (Å²) in [5.41, 5.74) is 2.09. The fourth-order valence-corrected chi connectivity index (χ4v) is 4.45. The van der Waals surface area contributed by atoms with Gasteiger partial charge in [0.15, 0.2) is 5.82 Å². The third kappa shape index (κ3) is 6.19. The van der Waals surface area contributed by atoms with Gasteiger partial charge in [-0.3, -0.25) is 14.6 Å². The van der Waals surface area contributed by atoms with Crippen molar-refractivity contribution >= 4 is 17.5 Å². The second-order valence-corrected chi connectivity index (χ2v) is 8.92. The molecule has 1 saturated heterocycles. The van der Waals surface area contributed by atoms with Gasteiger partial charge in [0.25, 0.3) is 0 Å². The predicted molar refractivity (Wildman–Crippen MR) is 128 cm³/mol. The number of nitrogens with one attached hydrogen (secondary N) is 1. The number of rotatable bonds is 8. The van der Waals surface area contributed by atoms with E-state index in [0.717, 1.165) is 37.3 Å². The SMILES string of the molecule is C[C@@H](NC(=O)CN1CCN([C@@H](C)c2nc(Cc3ccccc3)no2)CC1)c1ccccc1Cl. The lowest BCUT2D eigenvalue weighted by molar-refractivity contribution is -0.123. The summed E-state index contributed by atoms with van der Waals surface area (Å²) in [5.74, 6) is 1.35. The molecule has 1 aliphatic heterocycles. The molecular formula is C25H30ClN5O2. The molecule has 0 unspecified atom stereocenters. The van der Waals surface area contributed by atoms with Gasteiger partial charge in [0.05, 0.1) is 18.6 Å². The van der Waals surface area contributed by atoms with E-state index in [1.165, 1.54) is 0 Å². The van der Waals surface area contributed by atoms with Crippen LogP contribution in [0.1, 0.15) is 48.8 Å². The van der Waals surface area contributed by atoms with E-state index in [4.69, 9.17) is 16.1 Å². The van der Waals surface area contributed by atoms with Gasteiger partial charge in [-0.05, 0) is 31.0 Å². The molecule has 1 amide bonds. The molecule has 0 saturated carbocycles. The van der Waals surface area contributed by atoms with Gasteiger partial charge in [-0.25, -0.2) is 0 Å². The fraction of sp³-hybridized carbons (Fsp3) is 0.400. The molecule has 0 radical (unpaired) electrons. The van der Waals surface area contributed by atoms with Crippen LogP contribution in [0.2, 0.25) is 5.02 Å². The highest BCUT2D eigenvalue weighted by Gasteiger charge is 2.27. The van der Waals surface area contributed by atoms with Crippen LogP contribution in [-0.4, -0.2) is 58.6 Å². The molecule has 1 fully saturated rings. The molecule has 1 N–H and O–H groups in total. The lowest BCUT2D eigenvalue weighted by atomic mass is 10.1. The van der Waals surface area contributed by atoms with E-state index in [2.05, 4.69) is 44.3 Å². The average molecular weight is 468 g/mol. The molecule has 7 nitrogen and oxygen atoms in total. The van der Waals surface area contributed by atoms with Crippen LogP contribution in [-0.2, 0) is 11.2 Å². The summed E-state index contributed by atoms with van der Waals surface area (Å²) >= 11 is 6.25. The Labute approximate surface area is 199 Å². The molecule has 2 atom stereocenters. The maximum absolute atomic E-state index is 12.6. The highest BCUT2D eigenvalue weighted by atomic mass is 35.5. The van der Waals surface area contributed by atoms with Gasteiger partial charge in [-0.2, -0.15) is 4.98 Å². The Hall–Kier alpha value is -2.74. The Morgan fingerprint density at radius 1 is 1.06 bits per heavy atom. The van der Waals surface area contributed by atoms with Crippen LogP contribution in [0.25, 0.3) is 0 Å². The zero-order valence-electron chi connectivity index (χ0n) is 19.1. The summed E-state index contributed by atoms with van der Waals surface area (Å²) < 4.78 is 5.55. The monoisotopic (exact) mass is 467 g/mol. The molecule has 0 aliphatic carbocycles. The first-order valence-electron chi connectivity index (χ1n) is 11.4. The molecule has 3 aromatic rings. The van der Waals surface area contributed by atoms with Crippen molar-refractivity contribution in [2.24, 2.45) is 0 Å². The van der Waals surface area contributed by atoms with Crippen molar-refractivity contribution in [3.8, 4) is 0 Å². The minimum absolute atomic E-state index is 0.00590. The molecule has 4 rings (SSSR count). The Morgan fingerprint density at radius 3 is 2.48 bits per heavy atom. The zero-order chi connectivity index (χ0) is 23.2. The summed E-state index contributed by atoms with van der Waals surface area (Å²) in [7, 11) is 0. The first-order chi connectivity index (χ1) is 16.0. The van der Waals surface area contributed by atoms with Crippen LogP contribution in [0.3, 0.4) is 0 Å². The summed E-state index contributed by atoms with van der Waals surface area (Å²) in [6.45, 7) is 7.71. The number of amides is 1. The highest BCUT2D eigenvalue weighted by Crippen LogP contribution is 2.23.